The lowest BCUT2D eigenvalue weighted by atomic mass is 10.1. The lowest BCUT2D eigenvalue weighted by molar-refractivity contribution is 0.0995. The Morgan fingerprint density at radius 3 is 2.80 bits per heavy atom. The zero-order valence-electron chi connectivity index (χ0n) is 7.97. The van der Waals surface area contributed by atoms with Gasteiger partial charge in [-0.15, -0.1) is 0 Å². The molecule has 0 radical (unpaired) electrons. The third-order valence-corrected chi connectivity index (χ3v) is 2.86. The van der Waals surface area contributed by atoms with Crippen molar-refractivity contribution in [1.29, 1.82) is 0 Å². The van der Waals surface area contributed by atoms with Crippen molar-refractivity contribution in [3.8, 4) is 5.75 Å². The largest absolute Gasteiger partial charge is 0.462 e. The predicted molar refractivity (Wildman–Crippen MR) is 63.5 cm³/mol. The summed E-state index contributed by atoms with van der Waals surface area (Å²) in [5, 5.41) is 0. The van der Waals surface area contributed by atoms with E-state index in [0.717, 1.165) is 0 Å². The van der Waals surface area contributed by atoms with Crippen molar-refractivity contribution in [3.05, 3.63) is 28.2 Å². The number of ketones is 1. The van der Waals surface area contributed by atoms with Gasteiger partial charge >= 0.3 is 0 Å². The number of hydrogen-bond donors (Lipinski definition) is 0. The third-order valence-electron chi connectivity index (χ3n) is 1.79. The van der Waals surface area contributed by atoms with Crippen LogP contribution in [0.1, 0.15) is 17.3 Å². The molecule has 0 aliphatic heterocycles. The molecule has 0 saturated carbocycles. The highest BCUT2D eigenvalue weighted by Crippen LogP contribution is 2.27. The van der Waals surface area contributed by atoms with Crippen LogP contribution in [0.5, 0.6) is 5.75 Å². The Hall–Kier alpha value is -0.420. The normalized spacial score (nSPS) is 12.3. The fourth-order valence-electron chi connectivity index (χ4n) is 1.06. The van der Waals surface area contributed by atoms with Gasteiger partial charge in [-0.3, -0.25) is 4.79 Å². The number of carbonyl (C=O) groups is 1. The van der Waals surface area contributed by atoms with Crippen molar-refractivity contribution >= 4 is 37.6 Å². The molecular formula is C10H9Br2FO2. The first kappa shape index (κ1) is 12.6. The molecule has 1 rings (SSSR count). The van der Waals surface area contributed by atoms with Crippen LogP contribution in [0, 0.1) is 0 Å². The maximum absolute atomic E-state index is 12.0. The van der Waals surface area contributed by atoms with Crippen LogP contribution >= 0.6 is 31.9 Å². The van der Waals surface area contributed by atoms with Gasteiger partial charge in [0.05, 0.1) is 9.30 Å². The van der Waals surface area contributed by atoms with E-state index < -0.39 is 6.86 Å². The third kappa shape index (κ3) is 3.28. The zero-order valence-corrected chi connectivity index (χ0v) is 11.1. The van der Waals surface area contributed by atoms with E-state index in [-0.39, 0.29) is 10.6 Å². The Morgan fingerprint density at radius 1 is 1.60 bits per heavy atom. The van der Waals surface area contributed by atoms with Gasteiger partial charge in [0.1, 0.15) is 5.75 Å². The molecule has 1 unspecified atom stereocenters. The molecule has 1 aromatic carbocycles. The first-order valence-corrected chi connectivity index (χ1v) is 5.93. The minimum Gasteiger partial charge on any atom is -0.462 e. The van der Waals surface area contributed by atoms with E-state index >= 15 is 0 Å². The number of halogens is 3. The van der Waals surface area contributed by atoms with Gasteiger partial charge in [-0.1, -0.05) is 15.9 Å². The van der Waals surface area contributed by atoms with Gasteiger partial charge in [0, 0.05) is 5.56 Å². The number of hydrogen-bond acceptors (Lipinski definition) is 2. The average Bonchev–Trinajstić information content (AvgIpc) is 2.20. The second kappa shape index (κ2) is 5.61. The SMILES string of the molecule is CC(Br)C(=O)c1ccc(Br)c(OCF)c1. The first-order valence-electron chi connectivity index (χ1n) is 4.23. The molecule has 0 aliphatic rings. The van der Waals surface area contributed by atoms with Gasteiger partial charge in [0.25, 0.3) is 0 Å². The topological polar surface area (TPSA) is 26.3 Å². The molecule has 0 amide bonds. The van der Waals surface area contributed by atoms with Gasteiger partial charge < -0.3 is 4.74 Å². The first-order chi connectivity index (χ1) is 7.06. The molecule has 82 valence electrons. The van der Waals surface area contributed by atoms with Crippen LogP contribution in [0.3, 0.4) is 0 Å². The van der Waals surface area contributed by atoms with E-state index in [9.17, 15) is 9.18 Å². The Kier molecular flexibility index (Phi) is 4.73. The summed E-state index contributed by atoms with van der Waals surface area (Å²) < 4.78 is 17.4. The van der Waals surface area contributed by atoms with Crippen molar-refractivity contribution in [1.82, 2.24) is 0 Å². The Labute approximate surface area is 104 Å². The summed E-state index contributed by atoms with van der Waals surface area (Å²) in [6, 6.07) is 4.84. The fraction of sp³-hybridized carbons (Fsp3) is 0.300. The van der Waals surface area contributed by atoms with Crippen LogP contribution in [-0.4, -0.2) is 17.5 Å². The number of Topliss-reactive ketones (excluding diaryl/α,β-unsaturated/α-hetero) is 1. The second-order valence-corrected chi connectivity index (χ2v) is 5.11. The van der Waals surface area contributed by atoms with E-state index in [0.29, 0.717) is 15.8 Å². The van der Waals surface area contributed by atoms with Gasteiger partial charge in [-0.2, -0.15) is 0 Å². The molecule has 15 heavy (non-hydrogen) atoms. The molecule has 0 heterocycles. The monoisotopic (exact) mass is 338 g/mol. The number of carbonyl (C=O) groups excluding carboxylic acids is 1. The highest BCUT2D eigenvalue weighted by atomic mass is 79.9. The van der Waals surface area contributed by atoms with Crippen LogP contribution < -0.4 is 4.74 Å². The highest BCUT2D eigenvalue weighted by Gasteiger charge is 2.13. The Morgan fingerprint density at radius 2 is 2.27 bits per heavy atom. The van der Waals surface area contributed by atoms with Crippen molar-refractivity contribution in [3.63, 3.8) is 0 Å². The number of benzene rings is 1. The van der Waals surface area contributed by atoms with Crippen LogP contribution in [0.2, 0.25) is 0 Å². The van der Waals surface area contributed by atoms with Crippen molar-refractivity contribution < 1.29 is 13.9 Å². The van der Waals surface area contributed by atoms with E-state index in [1.54, 1.807) is 19.1 Å². The average molecular weight is 340 g/mol. The molecule has 0 saturated heterocycles. The number of ether oxygens (including phenoxy) is 1. The van der Waals surface area contributed by atoms with E-state index in [1.165, 1.54) is 6.07 Å². The molecule has 1 atom stereocenters. The minimum absolute atomic E-state index is 0.0637. The lowest BCUT2D eigenvalue weighted by Crippen LogP contribution is -2.10. The summed E-state index contributed by atoms with van der Waals surface area (Å²) in [7, 11) is 0. The number of alkyl halides is 2. The van der Waals surface area contributed by atoms with Gasteiger partial charge in [-0.25, -0.2) is 4.39 Å². The van der Waals surface area contributed by atoms with Crippen LogP contribution in [0.4, 0.5) is 4.39 Å². The summed E-state index contributed by atoms with van der Waals surface area (Å²) in [5.74, 6) is 0.266. The molecule has 0 fully saturated rings. The molecule has 0 N–H and O–H groups in total. The maximum atomic E-state index is 12.0. The summed E-state index contributed by atoms with van der Waals surface area (Å²) in [6.45, 7) is 0.820. The molecule has 0 bridgehead atoms. The van der Waals surface area contributed by atoms with Crippen LogP contribution in [-0.2, 0) is 0 Å². The Balaban J connectivity index is 3.01. The van der Waals surface area contributed by atoms with E-state index in [4.69, 9.17) is 4.74 Å². The van der Waals surface area contributed by atoms with E-state index in [2.05, 4.69) is 31.9 Å². The minimum atomic E-state index is -0.917. The van der Waals surface area contributed by atoms with Gasteiger partial charge in [-0.05, 0) is 41.1 Å². The predicted octanol–water partition coefficient (Wildman–Crippen LogP) is 3.72. The second-order valence-electron chi connectivity index (χ2n) is 2.88. The Bertz CT molecular complexity index is 366. The zero-order chi connectivity index (χ0) is 11.4. The molecule has 2 nitrogen and oxygen atoms in total. The smallest absolute Gasteiger partial charge is 0.228 e. The lowest BCUT2D eigenvalue weighted by Gasteiger charge is -2.07. The van der Waals surface area contributed by atoms with Crippen LogP contribution in [0.25, 0.3) is 0 Å². The molecular weight excluding hydrogens is 331 g/mol. The van der Waals surface area contributed by atoms with Crippen molar-refractivity contribution in [2.45, 2.75) is 11.8 Å². The van der Waals surface area contributed by atoms with Crippen molar-refractivity contribution in [2.75, 3.05) is 6.86 Å². The molecule has 0 spiro atoms. The summed E-state index contributed by atoms with van der Waals surface area (Å²) in [5.41, 5.74) is 0.492. The molecule has 5 heteroatoms. The summed E-state index contributed by atoms with van der Waals surface area (Å²) in [4.78, 5) is 11.3. The fourth-order valence-corrected chi connectivity index (χ4v) is 1.68. The molecule has 0 aromatic heterocycles. The summed E-state index contributed by atoms with van der Waals surface area (Å²) >= 11 is 6.39. The molecule has 0 aliphatic carbocycles. The van der Waals surface area contributed by atoms with Gasteiger partial charge in [0.15, 0.2) is 5.78 Å². The van der Waals surface area contributed by atoms with Crippen LogP contribution in [0.15, 0.2) is 22.7 Å². The molecule has 1 aromatic rings. The quantitative estimate of drug-likeness (QED) is 0.617. The maximum Gasteiger partial charge on any atom is 0.228 e. The highest BCUT2D eigenvalue weighted by molar-refractivity contribution is 9.10. The standard InChI is InChI=1S/C10H9Br2FO2/c1-6(11)10(14)7-2-3-8(12)9(4-7)15-5-13/h2-4,6H,5H2,1H3. The summed E-state index contributed by atoms with van der Waals surface area (Å²) in [6.07, 6.45) is 0. The number of rotatable bonds is 4. The van der Waals surface area contributed by atoms with E-state index in [1.807, 2.05) is 0 Å². The van der Waals surface area contributed by atoms with Crippen molar-refractivity contribution in [2.24, 2.45) is 0 Å². The van der Waals surface area contributed by atoms with Gasteiger partial charge in [0.2, 0.25) is 6.86 Å².